The lowest BCUT2D eigenvalue weighted by Gasteiger charge is -2.17. The van der Waals surface area contributed by atoms with Crippen LogP contribution in [0.2, 0.25) is 0 Å². The summed E-state index contributed by atoms with van der Waals surface area (Å²) in [5.41, 5.74) is 0. The monoisotopic (exact) mass is 261 g/mol. The summed E-state index contributed by atoms with van der Waals surface area (Å²) in [6.45, 7) is 9.04. The van der Waals surface area contributed by atoms with Gasteiger partial charge in [0.1, 0.15) is 0 Å². The second-order valence-electron chi connectivity index (χ2n) is 3.25. The first-order valence-corrected chi connectivity index (χ1v) is 6.44. The molecule has 0 spiro atoms. The van der Waals surface area contributed by atoms with Crippen LogP contribution in [0.3, 0.4) is 0 Å². The van der Waals surface area contributed by atoms with Crippen molar-refractivity contribution in [2.45, 2.75) is 13.8 Å². The highest BCUT2D eigenvalue weighted by molar-refractivity contribution is 6.04. The molecular formula is C12H28BNO4. The second-order valence-corrected chi connectivity index (χ2v) is 3.25. The Bertz CT molecular complexity index is 127. The minimum Gasteiger partial charge on any atom is -0.382 e. The van der Waals surface area contributed by atoms with Crippen LogP contribution in [-0.2, 0) is 18.9 Å². The maximum Gasteiger partial charge on any atom is 0.182 e. The molecule has 2 radical (unpaired) electrons. The summed E-state index contributed by atoms with van der Waals surface area (Å²) in [6.07, 6.45) is 0. The van der Waals surface area contributed by atoms with Crippen LogP contribution in [0.5, 0.6) is 0 Å². The lowest BCUT2D eigenvalue weighted by molar-refractivity contribution is 0.0527. The minimum absolute atomic E-state index is 0.606. The van der Waals surface area contributed by atoms with E-state index in [2.05, 4.69) is 0 Å². The lowest BCUT2D eigenvalue weighted by Crippen LogP contribution is -2.29. The Morgan fingerprint density at radius 1 is 0.722 bits per heavy atom. The molecule has 0 fully saturated rings. The van der Waals surface area contributed by atoms with Crippen LogP contribution >= 0.6 is 0 Å². The first-order chi connectivity index (χ1) is 8.81. The molecule has 0 saturated heterocycles. The zero-order valence-electron chi connectivity index (χ0n) is 12.3. The van der Waals surface area contributed by atoms with Crippen molar-refractivity contribution in [1.29, 1.82) is 0 Å². The topological polar surface area (TPSA) is 40.2 Å². The van der Waals surface area contributed by atoms with Gasteiger partial charge in [0.25, 0.3) is 0 Å². The molecule has 0 aromatic heterocycles. The zero-order valence-corrected chi connectivity index (χ0v) is 12.3. The molecule has 0 saturated carbocycles. The maximum absolute atomic E-state index is 5.71. The van der Waals surface area contributed by atoms with Gasteiger partial charge in [-0.2, -0.15) is 0 Å². The molecule has 0 N–H and O–H groups in total. The van der Waals surface area contributed by atoms with E-state index in [-0.39, 0.29) is 0 Å². The SMILES string of the molecule is CC.[B]N(CCOCCOC)CCOCCOC. The highest BCUT2D eigenvalue weighted by atomic mass is 16.5. The quantitative estimate of drug-likeness (QED) is 0.382. The lowest BCUT2D eigenvalue weighted by atomic mass is 10.3. The molecule has 0 aromatic carbocycles. The molecule has 5 nitrogen and oxygen atoms in total. The van der Waals surface area contributed by atoms with E-state index in [1.807, 2.05) is 13.8 Å². The van der Waals surface area contributed by atoms with Gasteiger partial charge in [0.05, 0.1) is 39.6 Å². The Balaban J connectivity index is 0. The molecular weight excluding hydrogens is 233 g/mol. The van der Waals surface area contributed by atoms with Crippen LogP contribution in [-0.4, -0.2) is 79.7 Å². The second kappa shape index (κ2) is 19.2. The van der Waals surface area contributed by atoms with Crippen LogP contribution in [0.25, 0.3) is 0 Å². The van der Waals surface area contributed by atoms with Crippen LogP contribution in [0.15, 0.2) is 0 Å². The van der Waals surface area contributed by atoms with Gasteiger partial charge in [0, 0.05) is 27.3 Å². The molecule has 0 rings (SSSR count). The third-order valence-electron chi connectivity index (χ3n) is 1.91. The third kappa shape index (κ3) is 18.2. The van der Waals surface area contributed by atoms with Gasteiger partial charge in [-0.1, -0.05) is 13.8 Å². The smallest absolute Gasteiger partial charge is 0.182 e. The molecule has 0 aliphatic carbocycles. The Morgan fingerprint density at radius 3 is 1.44 bits per heavy atom. The van der Waals surface area contributed by atoms with Crippen molar-refractivity contribution in [3.05, 3.63) is 0 Å². The highest BCUT2D eigenvalue weighted by Crippen LogP contribution is 1.85. The van der Waals surface area contributed by atoms with Gasteiger partial charge in [-0.3, -0.25) is 0 Å². The standard InChI is InChI=1S/C10H22BNO4.C2H6/c1-13-7-9-15-5-3-12(11)4-6-16-10-8-14-2;1-2/h3-10H2,1-2H3;1-2H3. The van der Waals surface area contributed by atoms with E-state index in [9.17, 15) is 0 Å². The molecule has 0 atom stereocenters. The number of hydrogen-bond acceptors (Lipinski definition) is 5. The van der Waals surface area contributed by atoms with Gasteiger partial charge < -0.3 is 23.8 Å². The molecule has 0 aliphatic heterocycles. The normalized spacial score (nSPS) is 10.3. The molecule has 0 unspecified atom stereocenters. The minimum atomic E-state index is 0.606. The summed E-state index contributed by atoms with van der Waals surface area (Å²) >= 11 is 0. The fraction of sp³-hybridized carbons (Fsp3) is 1.00. The number of nitrogens with zero attached hydrogens (tertiary/aromatic N) is 1. The average molecular weight is 261 g/mol. The number of hydrogen-bond donors (Lipinski definition) is 0. The fourth-order valence-electron chi connectivity index (χ4n) is 0.964. The van der Waals surface area contributed by atoms with Gasteiger partial charge >= 0.3 is 0 Å². The number of ether oxygens (including phenoxy) is 4. The third-order valence-corrected chi connectivity index (χ3v) is 1.91. The first-order valence-electron chi connectivity index (χ1n) is 6.44. The zero-order chi connectivity index (χ0) is 14.1. The predicted octanol–water partition coefficient (Wildman–Crippen LogP) is 0.724. The van der Waals surface area contributed by atoms with Gasteiger partial charge in [0.15, 0.2) is 7.98 Å². The molecule has 6 heteroatoms. The van der Waals surface area contributed by atoms with Crippen molar-refractivity contribution >= 4 is 7.98 Å². The summed E-state index contributed by atoms with van der Waals surface area (Å²) in [5.74, 6) is 0. The summed E-state index contributed by atoms with van der Waals surface area (Å²) in [7, 11) is 9.01. The number of rotatable bonds is 12. The predicted molar refractivity (Wildman–Crippen MR) is 74.1 cm³/mol. The van der Waals surface area contributed by atoms with E-state index in [0.717, 1.165) is 0 Å². The van der Waals surface area contributed by atoms with Crippen molar-refractivity contribution in [2.75, 3.05) is 67.0 Å². The van der Waals surface area contributed by atoms with E-state index >= 15 is 0 Å². The van der Waals surface area contributed by atoms with E-state index < -0.39 is 0 Å². The molecule has 0 amide bonds. The van der Waals surface area contributed by atoms with Crippen LogP contribution in [0, 0.1) is 0 Å². The largest absolute Gasteiger partial charge is 0.382 e. The molecule has 18 heavy (non-hydrogen) atoms. The van der Waals surface area contributed by atoms with Crippen molar-refractivity contribution in [1.82, 2.24) is 4.81 Å². The van der Waals surface area contributed by atoms with E-state index in [1.165, 1.54) is 0 Å². The van der Waals surface area contributed by atoms with E-state index in [0.29, 0.717) is 52.7 Å². The Hall–Kier alpha value is -0.135. The van der Waals surface area contributed by atoms with Crippen molar-refractivity contribution in [2.24, 2.45) is 0 Å². The summed E-state index contributed by atoms with van der Waals surface area (Å²) in [4.78, 5) is 1.68. The van der Waals surface area contributed by atoms with Crippen LogP contribution in [0.1, 0.15) is 13.8 Å². The number of methoxy groups -OCH3 is 2. The van der Waals surface area contributed by atoms with Gasteiger partial charge in [-0.25, -0.2) is 0 Å². The Labute approximate surface area is 113 Å². The maximum atomic E-state index is 5.71. The molecule has 0 bridgehead atoms. The summed E-state index contributed by atoms with van der Waals surface area (Å²) in [5, 5.41) is 0. The molecule has 0 heterocycles. The van der Waals surface area contributed by atoms with Crippen LogP contribution in [0.4, 0.5) is 0 Å². The summed E-state index contributed by atoms with van der Waals surface area (Å²) in [6, 6.07) is 0. The average Bonchev–Trinajstić information content (AvgIpc) is 2.40. The molecule has 108 valence electrons. The molecule has 0 aliphatic rings. The van der Waals surface area contributed by atoms with Crippen molar-refractivity contribution in [3.8, 4) is 0 Å². The van der Waals surface area contributed by atoms with E-state index in [4.69, 9.17) is 26.9 Å². The van der Waals surface area contributed by atoms with Gasteiger partial charge in [0.2, 0.25) is 0 Å². The van der Waals surface area contributed by atoms with E-state index in [1.54, 1.807) is 19.0 Å². The van der Waals surface area contributed by atoms with Crippen molar-refractivity contribution in [3.63, 3.8) is 0 Å². The van der Waals surface area contributed by atoms with Gasteiger partial charge in [-0.15, -0.1) is 0 Å². The van der Waals surface area contributed by atoms with Crippen molar-refractivity contribution < 1.29 is 18.9 Å². The fourth-order valence-corrected chi connectivity index (χ4v) is 0.964. The summed E-state index contributed by atoms with van der Waals surface area (Å²) < 4.78 is 20.3. The first kappa shape index (κ1) is 20.2. The highest BCUT2D eigenvalue weighted by Gasteiger charge is 1.97. The van der Waals surface area contributed by atoms with Gasteiger partial charge in [-0.05, 0) is 0 Å². The Kier molecular flexibility index (Phi) is 21.5. The molecule has 0 aromatic rings. The van der Waals surface area contributed by atoms with Crippen LogP contribution < -0.4 is 0 Å². The Morgan fingerprint density at radius 2 is 1.11 bits per heavy atom.